The Morgan fingerprint density at radius 1 is 1.20 bits per heavy atom. The maximum Gasteiger partial charge on any atom is 0.165 e. The lowest BCUT2D eigenvalue weighted by molar-refractivity contribution is 0.294. The second kappa shape index (κ2) is 8.08. The molecule has 110 valence electrons. The Hall–Kier alpha value is -1.31. The van der Waals surface area contributed by atoms with E-state index < -0.39 is 0 Å². The molecule has 1 aromatic carbocycles. The molecular weight excluding hydrogens is 251 g/mol. The summed E-state index contributed by atoms with van der Waals surface area (Å²) < 4.78 is 19.3. The highest BCUT2D eigenvalue weighted by Gasteiger charge is 2.07. The average molecular weight is 276 g/mol. The first-order valence-corrected chi connectivity index (χ1v) is 7.88. The van der Waals surface area contributed by atoms with E-state index in [0.29, 0.717) is 12.4 Å². The number of ether oxygens (including phenoxy) is 1. The predicted octanol–water partition coefficient (Wildman–Crippen LogP) is 5.44. The molecule has 0 aromatic heterocycles. The van der Waals surface area contributed by atoms with Crippen LogP contribution in [-0.4, -0.2) is 6.61 Å². The third kappa shape index (κ3) is 4.66. The molecule has 0 fully saturated rings. The lowest BCUT2D eigenvalue weighted by Gasteiger charge is -2.13. The van der Waals surface area contributed by atoms with Crippen molar-refractivity contribution < 1.29 is 9.13 Å². The van der Waals surface area contributed by atoms with E-state index in [-0.39, 0.29) is 5.82 Å². The highest BCUT2D eigenvalue weighted by molar-refractivity contribution is 5.30. The fourth-order valence-electron chi connectivity index (χ4n) is 2.58. The van der Waals surface area contributed by atoms with Gasteiger partial charge in [-0.1, -0.05) is 31.1 Å². The normalized spacial score (nSPS) is 15.0. The van der Waals surface area contributed by atoms with Gasteiger partial charge in [0.25, 0.3) is 0 Å². The molecule has 0 amide bonds. The van der Waals surface area contributed by atoms with Crippen LogP contribution in [0.4, 0.5) is 4.39 Å². The van der Waals surface area contributed by atoms with Gasteiger partial charge in [-0.2, -0.15) is 0 Å². The summed E-state index contributed by atoms with van der Waals surface area (Å²) in [5.74, 6) is 0.162. The van der Waals surface area contributed by atoms with E-state index >= 15 is 0 Å². The summed E-state index contributed by atoms with van der Waals surface area (Å²) >= 11 is 0. The van der Waals surface area contributed by atoms with Crippen LogP contribution in [0.5, 0.6) is 5.75 Å². The number of halogens is 1. The Morgan fingerprint density at radius 3 is 2.80 bits per heavy atom. The Morgan fingerprint density at radius 2 is 2.10 bits per heavy atom. The first-order chi connectivity index (χ1) is 9.79. The first kappa shape index (κ1) is 15.1. The molecule has 0 saturated heterocycles. The molecule has 2 rings (SSSR count). The van der Waals surface area contributed by atoms with Gasteiger partial charge in [0, 0.05) is 0 Å². The van der Waals surface area contributed by atoms with E-state index in [1.807, 2.05) is 6.07 Å². The molecule has 0 saturated carbocycles. The van der Waals surface area contributed by atoms with E-state index in [2.05, 4.69) is 13.0 Å². The van der Waals surface area contributed by atoms with Crippen molar-refractivity contribution in [2.75, 3.05) is 6.61 Å². The maximum absolute atomic E-state index is 13.9. The molecule has 1 aromatic rings. The van der Waals surface area contributed by atoms with Crippen LogP contribution >= 0.6 is 0 Å². The highest BCUT2D eigenvalue weighted by Crippen LogP contribution is 2.24. The van der Waals surface area contributed by atoms with Crippen LogP contribution in [-0.2, 0) is 6.42 Å². The molecular formula is C18H25FO. The number of benzene rings is 1. The Kier molecular flexibility index (Phi) is 6.10. The summed E-state index contributed by atoms with van der Waals surface area (Å²) in [5, 5.41) is 0. The van der Waals surface area contributed by atoms with Gasteiger partial charge in [-0.3, -0.25) is 0 Å². The molecule has 1 aliphatic carbocycles. The van der Waals surface area contributed by atoms with Gasteiger partial charge in [-0.05, 0) is 62.6 Å². The zero-order valence-electron chi connectivity index (χ0n) is 12.5. The minimum atomic E-state index is -0.226. The van der Waals surface area contributed by atoms with Crippen LogP contribution in [0.3, 0.4) is 0 Å². The molecule has 2 heteroatoms. The standard InChI is InChI=1S/C18H25FO/c1-2-3-13-20-18-12-11-16(14-17(18)19)10-9-15-7-5-4-6-8-15/h7,11-12,14H,2-6,8-10,13H2,1H3. The Bertz CT molecular complexity index is 451. The third-order valence-corrected chi connectivity index (χ3v) is 3.87. The molecule has 0 spiro atoms. The van der Waals surface area contributed by atoms with Gasteiger partial charge in [0.05, 0.1) is 6.61 Å². The zero-order valence-corrected chi connectivity index (χ0v) is 12.5. The van der Waals surface area contributed by atoms with Crippen molar-refractivity contribution in [2.24, 2.45) is 0 Å². The van der Waals surface area contributed by atoms with Crippen molar-refractivity contribution in [1.29, 1.82) is 0 Å². The van der Waals surface area contributed by atoms with Crippen LogP contribution < -0.4 is 4.74 Å². The lowest BCUT2D eigenvalue weighted by atomic mass is 9.94. The number of rotatable bonds is 7. The minimum absolute atomic E-state index is 0.226. The van der Waals surface area contributed by atoms with E-state index in [4.69, 9.17) is 4.74 Å². The van der Waals surface area contributed by atoms with E-state index in [0.717, 1.165) is 31.2 Å². The highest BCUT2D eigenvalue weighted by atomic mass is 19.1. The molecule has 20 heavy (non-hydrogen) atoms. The molecule has 1 nitrogen and oxygen atoms in total. The molecule has 0 bridgehead atoms. The fourth-order valence-corrected chi connectivity index (χ4v) is 2.58. The second-order valence-electron chi connectivity index (χ2n) is 5.57. The van der Waals surface area contributed by atoms with Gasteiger partial charge in [-0.15, -0.1) is 0 Å². The predicted molar refractivity (Wildman–Crippen MR) is 81.7 cm³/mol. The fraction of sp³-hybridized carbons (Fsp3) is 0.556. The number of unbranched alkanes of at least 4 members (excludes halogenated alkanes) is 1. The monoisotopic (exact) mass is 276 g/mol. The molecule has 0 aliphatic heterocycles. The van der Waals surface area contributed by atoms with Crippen LogP contribution in [0.2, 0.25) is 0 Å². The average Bonchev–Trinajstić information content (AvgIpc) is 2.48. The van der Waals surface area contributed by atoms with Crippen molar-refractivity contribution >= 4 is 0 Å². The Labute approximate surface area is 121 Å². The van der Waals surface area contributed by atoms with Gasteiger partial charge < -0.3 is 4.74 Å². The molecule has 0 atom stereocenters. The largest absolute Gasteiger partial charge is 0.491 e. The number of hydrogen-bond donors (Lipinski definition) is 0. The number of allylic oxidation sites excluding steroid dienone is 2. The van der Waals surface area contributed by atoms with Crippen molar-refractivity contribution in [3.8, 4) is 5.75 Å². The van der Waals surface area contributed by atoms with E-state index in [9.17, 15) is 4.39 Å². The summed E-state index contributed by atoms with van der Waals surface area (Å²) in [6.07, 6.45) is 11.5. The van der Waals surface area contributed by atoms with Crippen LogP contribution in [0, 0.1) is 5.82 Å². The lowest BCUT2D eigenvalue weighted by Crippen LogP contribution is -2.00. The maximum atomic E-state index is 13.9. The van der Waals surface area contributed by atoms with Crippen molar-refractivity contribution in [3.63, 3.8) is 0 Å². The van der Waals surface area contributed by atoms with Gasteiger partial charge in [-0.25, -0.2) is 4.39 Å². The summed E-state index contributed by atoms with van der Waals surface area (Å²) in [6.45, 7) is 2.70. The van der Waals surface area contributed by atoms with Gasteiger partial charge in [0.15, 0.2) is 11.6 Å². The second-order valence-corrected chi connectivity index (χ2v) is 5.57. The summed E-state index contributed by atoms with van der Waals surface area (Å²) in [7, 11) is 0. The van der Waals surface area contributed by atoms with Gasteiger partial charge in [0.2, 0.25) is 0 Å². The molecule has 1 aliphatic rings. The summed E-state index contributed by atoms with van der Waals surface area (Å²) in [5.41, 5.74) is 2.61. The minimum Gasteiger partial charge on any atom is -0.491 e. The number of aryl methyl sites for hydroxylation is 1. The topological polar surface area (TPSA) is 9.23 Å². The molecule has 0 radical (unpaired) electrons. The van der Waals surface area contributed by atoms with Crippen LogP contribution in [0.1, 0.15) is 57.4 Å². The van der Waals surface area contributed by atoms with Crippen molar-refractivity contribution in [2.45, 2.75) is 58.3 Å². The molecule has 0 heterocycles. The quantitative estimate of drug-likeness (QED) is 0.476. The zero-order chi connectivity index (χ0) is 14.2. The first-order valence-electron chi connectivity index (χ1n) is 7.88. The molecule has 0 unspecified atom stereocenters. The van der Waals surface area contributed by atoms with Crippen LogP contribution in [0.25, 0.3) is 0 Å². The smallest absolute Gasteiger partial charge is 0.165 e. The van der Waals surface area contributed by atoms with Gasteiger partial charge in [0.1, 0.15) is 0 Å². The number of hydrogen-bond acceptors (Lipinski definition) is 1. The molecule has 0 N–H and O–H groups in total. The van der Waals surface area contributed by atoms with E-state index in [1.165, 1.54) is 25.7 Å². The summed E-state index contributed by atoms with van der Waals surface area (Å²) in [4.78, 5) is 0. The SMILES string of the molecule is CCCCOc1ccc(CCC2=CCCCC2)cc1F. The van der Waals surface area contributed by atoms with Crippen molar-refractivity contribution in [3.05, 3.63) is 41.2 Å². The third-order valence-electron chi connectivity index (χ3n) is 3.87. The van der Waals surface area contributed by atoms with E-state index in [1.54, 1.807) is 17.7 Å². The van der Waals surface area contributed by atoms with Crippen molar-refractivity contribution in [1.82, 2.24) is 0 Å². The summed E-state index contributed by atoms with van der Waals surface area (Å²) in [6, 6.07) is 5.40. The van der Waals surface area contributed by atoms with Gasteiger partial charge >= 0.3 is 0 Å². The van der Waals surface area contributed by atoms with Crippen LogP contribution in [0.15, 0.2) is 29.8 Å². The Balaban J connectivity index is 1.86.